The lowest BCUT2D eigenvalue weighted by Gasteiger charge is -2.20. The van der Waals surface area contributed by atoms with Gasteiger partial charge in [0.05, 0.1) is 18.0 Å². The Morgan fingerprint density at radius 1 is 1.59 bits per heavy atom. The number of H-pyrrole nitrogens is 1. The molecule has 0 saturated carbocycles. The van der Waals surface area contributed by atoms with Gasteiger partial charge in [-0.1, -0.05) is 0 Å². The molecule has 2 rings (SSSR count). The van der Waals surface area contributed by atoms with Crippen molar-refractivity contribution in [2.24, 2.45) is 0 Å². The fraction of sp³-hybridized carbons (Fsp3) is 0.444. The molecule has 0 radical (unpaired) electrons. The highest BCUT2D eigenvalue weighted by Crippen LogP contribution is 2.19. The molecule has 1 saturated heterocycles. The molecule has 1 aliphatic rings. The summed E-state index contributed by atoms with van der Waals surface area (Å²) < 4.78 is 0. The monoisotopic (exact) mass is 240 g/mol. The number of aliphatic hydroxyl groups is 1. The van der Waals surface area contributed by atoms with Gasteiger partial charge < -0.3 is 20.4 Å². The Kier molecular flexibility index (Phi) is 2.96. The first-order valence-electron chi connectivity index (χ1n) is 5.05. The minimum absolute atomic E-state index is 0.0145. The third kappa shape index (κ3) is 2.36. The van der Waals surface area contributed by atoms with Gasteiger partial charge in [-0.25, -0.2) is 9.59 Å². The van der Waals surface area contributed by atoms with E-state index < -0.39 is 24.1 Å². The van der Waals surface area contributed by atoms with Crippen molar-refractivity contribution in [2.45, 2.75) is 18.6 Å². The topological polar surface area (TPSA) is 119 Å². The highest BCUT2D eigenvalue weighted by Gasteiger charge is 2.38. The minimum Gasteiger partial charge on any atom is -0.480 e. The molecule has 0 unspecified atom stereocenters. The summed E-state index contributed by atoms with van der Waals surface area (Å²) in [6, 6.07) is -1.55. The van der Waals surface area contributed by atoms with Gasteiger partial charge in [0.25, 0.3) is 0 Å². The largest absolute Gasteiger partial charge is 0.480 e. The number of hydrogen-bond acceptors (Lipinski definition) is 4. The first-order valence-corrected chi connectivity index (χ1v) is 5.05. The first kappa shape index (κ1) is 11.4. The van der Waals surface area contributed by atoms with Crippen molar-refractivity contribution in [1.82, 2.24) is 15.1 Å². The third-order valence-electron chi connectivity index (χ3n) is 2.57. The van der Waals surface area contributed by atoms with E-state index in [4.69, 9.17) is 5.11 Å². The molecule has 1 aliphatic heterocycles. The summed E-state index contributed by atoms with van der Waals surface area (Å²) in [5, 5.41) is 27.0. The van der Waals surface area contributed by atoms with Gasteiger partial charge in [-0.3, -0.25) is 5.10 Å². The van der Waals surface area contributed by atoms with Crippen molar-refractivity contribution < 1.29 is 19.8 Å². The fourth-order valence-electron chi connectivity index (χ4n) is 1.79. The van der Waals surface area contributed by atoms with Crippen molar-refractivity contribution in [2.75, 3.05) is 11.9 Å². The van der Waals surface area contributed by atoms with Crippen molar-refractivity contribution >= 4 is 17.7 Å². The average Bonchev–Trinajstić information content (AvgIpc) is 2.86. The lowest BCUT2D eigenvalue weighted by Crippen LogP contribution is -2.42. The van der Waals surface area contributed by atoms with E-state index in [1.54, 1.807) is 0 Å². The molecule has 0 spiro atoms. The van der Waals surface area contributed by atoms with Crippen molar-refractivity contribution in [1.29, 1.82) is 0 Å². The van der Waals surface area contributed by atoms with Crippen LogP contribution in [0.5, 0.6) is 0 Å². The number of aromatic nitrogens is 2. The third-order valence-corrected chi connectivity index (χ3v) is 2.57. The van der Waals surface area contributed by atoms with Crippen LogP contribution in [-0.2, 0) is 4.79 Å². The van der Waals surface area contributed by atoms with Crippen LogP contribution < -0.4 is 5.32 Å². The molecule has 2 atom stereocenters. The highest BCUT2D eigenvalue weighted by atomic mass is 16.4. The number of aliphatic carboxylic acids is 1. The maximum atomic E-state index is 11.8. The number of carboxylic acid groups (broad SMARTS) is 1. The molecular formula is C9H12N4O4. The number of aromatic amines is 1. The summed E-state index contributed by atoms with van der Waals surface area (Å²) in [5.41, 5.74) is 0.445. The zero-order chi connectivity index (χ0) is 12.4. The Morgan fingerprint density at radius 3 is 2.94 bits per heavy atom. The van der Waals surface area contributed by atoms with E-state index >= 15 is 0 Å². The molecule has 92 valence electrons. The molecule has 1 aromatic rings. The predicted molar refractivity (Wildman–Crippen MR) is 56.4 cm³/mol. The van der Waals surface area contributed by atoms with E-state index in [1.807, 2.05) is 0 Å². The van der Waals surface area contributed by atoms with Gasteiger partial charge >= 0.3 is 12.0 Å². The number of rotatable bonds is 2. The van der Waals surface area contributed by atoms with E-state index in [0.717, 1.165) is 4.90 Å². The minimum atomic E-state index is -1.12. The maximum absolute atomic E-state index is 11.8. The van der Waals surface area contributed by atoms with E-state index in [9.17, 15) is 14.7 Å². The SMILES string of the molecule is O=C(O)[C@H]1C[C@@H](O)CN1C(=O)Nc1cn[nH]c1. The van der Waals surface area contributed by atoms with Crippen LogP contribution in [0.4, 0.5) is 10.5 Å². The molecule has 4 N–H and O–H groups in total. The Bertz CT molecular complexity index is 419. The lowest BCUT2D eigenvalue weighted by molar-refractivity contribution is -0.141. The van der Waals surface area contributed by atoms with Crippen LogP contribution in [0.25, 0.3) is 0 Å². The van der Waals surface area contributed by atoms with Crippen LogP contribution in [-0.4, -0.2) is 56.0 Å². The molecule has 0 aromatic carbocycles. The van der Waals surface area contributed by atoms with Gasteiger partial charge in [0.2, 0.25) is 0 Å². The van der Waals surface area contributed by atoms with E-state index in [1.165, 1.54) is 12.4 Å². The molecule has 2 heterocycles. The number of amides is 2. The molecule has 2 amide bonds. The second-order valence-electron chi connectivity index (χ2n) is 3.81. The van der Waals surface area contributed by atoms with Gasteiger partial charge in [-0.2, -0.15) is 5.10 Å². The Hall–Kier alpha value is -2.09. The number of hydrogen-bond donors (Lipinski definition) is 4. The maximum Gasteiger partial charge on any atom is 0.326 e. The normalized spacial score (nSPS) is 23.7. The molecule has 0 bridgehead atoms. The van der Waals surface area contributed by atoms with Crippen LogP contribution in [0.1, 0.15) is 6.42 Å². The first-order chi connectivity index (χ1) is 8.08. The van der Waals surface area contributed by atoms with Crippen LogP contribution in [0.15, 0.2) is 12.4 Å². The van der Waals surface area contributed by atoms with Crippen LogP contribution in [0, 0.1) is 0 Å². The summed E-state index contributed by atoms with van der Waals surface area (Å²) in [7, 11) is 0. The summed E-state index contributed by atoms with van der Waals surface area (Å²) in [6.07, 6.45) is 2.13. The van der Waals surface area contributed by atoms with E-state index in [-0.39, 0.29) is 13.0 Å². The smallest absolute Gasteiger partial charge is 0.326 e. The average molecular weight is 240 g/mol. The summed E-state index contributed by atoms with van der Waals surface area (Å²) >= 11 is 0. The molecular weight excluding hydrogens is 228 g/mol. The van der Waals surface area contributed by atoms with Gasteiger partial charge in [0, 0.05) is 19.2 Å². The highest BCUT2D eigenvalue weighted by molar-refractivity contribution is 5.92. The number of aliphatic hydroxyl groups excluding tert-OH is 1. The number of urea groups is 1. The Morgan fingerprint density at radius 2 is 2.35 bits per heavy atom. The summed E-state index contributed by atoms with van der Waals surface area (Å²) in [5.74, 6) is -1.12. The number of carbonyl (C=O) groups is 2. The number of anilines is 1. The predicted octanol–water partition coefficient (Wildman–Crippen LogP) is -0.539. The molecule has 0 aliphatic carbocycles. The molecule has 1 aromatic heterocycles. The number of β-amino-alcohol motifs (C(OH)–C–C–N with tert-alkyl or cyclic N) is 1. The number of nitrogens with zero attached hydrogens (tertiary/aromatic N) is 2. The van der Waals surface area contributed by atoms with Gasteiger partial charge in [-0.15, -0.1) is 0 Å². The second kappa shape index (κ2) is 4.42. The second-order valence-corrected chi connectivity index (χ2v) is 3.81. The molecule has 17 heavy (non-hydrogen) atoms. The quantitative estimate of drug-likeness (QED) is 0.553. The van der Waals surface area contributed by atoms with Gasteiger partial charge in [0.1, 0.15) is 6.04 Å². The number of nitrogens with one attached hydrogen (secondary N) is 2. The molecule has 8 heteroatoms. The zero-order valence-electron chi connectivity index (χ0n) is 8.83. The molecule has 1 fully saturated rings. The van der Waals surface area contributed by atoms with Crippen molar-refractivity contribution in [3.8, 4) is 0 Å². The standard InChI is InChI=1S/C9H12N4O4/c14-6-1-7(8(15)16)13(4-6)9(17)12-5-2-10-11-3-5/h2-3,6-7,14H,1,4H2,(H,10,11)(H,12,17)(H,15,16)/t6-,7-/m1/s1. The number of carbonyl (C=O) groups excluding carboxylic acids is 1. The summed E-state index contributed by atoms with van der Waals surface area (Å²) in [4.78, 5) is 23.8. The zero-order valence-corrected chi connectivity index (χ0v) is 8.83. The number of carboxylic acids is 1. The number of likely N-dealkylation sites (tertiary alicyclic amines) is 1. The van der Waals surface area contributed by atoms with E-state index in [2.05, 4.69) is 15.5 Å². The van der Waals surface area contributed by atoms with Crippen molar-refractivity contribution in [3.05, 3.63) is 12.4 Å². The lowest BCUT2D eigenvalue weighted by atomic mass is 10.2. The van der Waals surface area contributed by atoms with E-state index in [0.29, 0.717) is 5.69 Å². The summed E-state index contributed by atoms with van der Waals surface area (Å²) in [6.45, 7) is 0.0145. The Labute approximate surface area is 96.2 Å². The van der Waals surface area contributed by atoms with Crippen LogP contribution in [0.2, 0.25) is 0 Å². The van der Waals surface area contributed by atoms with Gasteiger partial charge in [0.15, 0.2) is 0 Å². The van der Waals surface area contributed by atoms with Gasteiger partial charge in [-0.05, 0) is 0 Å². The molecule has 8 nitrogen and oxygen atoms in total. The van der Waals surface area contributed by atoms with Crippen molar-refractivity contribution in [3.63, 3.8) is 0 Å². The van der Waals surface area contributed by atoms with Crippen LogP contribution in [0.3, 0.4) is 0 Å². The van der Waals surface area contributed by atoms with Crippen LogP contribution >= 0.6 is 0 Å². The Balaban J connectivity index is 2.05. The fourth-order valence-corrected chi connectivity index (χ4v) is 1.79.